The zero-order chi connectivity index (χ0) is 11.4. The van der Waals surface area contributed by atoms with Crippen molar-refractivity contribution in [2.75, 3.05) is 0 Å². The number of benzene rings is 1. The molecule has 1 aromatic rings. The molecule has 0 radical (unpaired) electrons. The summed E-state index contributed by atoms with van der Waals surface area (Å²) in [6.45, 7) is 0. The molecule has 0 saturated heterocycles. The fraction of sp³-hybridized carbons (Fsp3) is 0.182. The number of rotatable bonds is 3. The topological polar surface area (TPSA) is 17.1 Å². The Morgan fingerprint density at radius 3 is 2.27 bits per heavy atom. The summed E-state index contributed by atoms with van der Waals surface area (Å²) >= 11 is 0. The second-order valence-electron chi connectivity index (χ2n) is 2.88. The van der Waals surface area contributed by atoms with E-state index in [1.54, 1.807) is 0 Å². The highest BCUT2D eigenvalue weighted by molar-refractivity contribution is 5.96. The minimum absolute atomic E-state index is 0.0129. The molecule has 0 heterocycles. The van der Waals surface area contributed by atoms with Crippen LogP contribution in [-0.4, -0.2) is 5.78 Å². The SMILES string of the molecule is C#CCCC(=O)c1cc(F)c(F)c(F)c1. The maximum atomic E-state index is 12.7. The molecule has 0 aliphatic heterocycles. The van der Waals surface area contributed by atoms with E-state index in [0.29, 0.717) is 12.1 Å². The maximum absolute atomic E-state index is 12.7. The molecule has 15 heavy (non-hydrogen) atoms. The molecule has 0 unspecified atom stereocenters. The van der Waals surface area contributed by atoms with Crippen molar-refractivity contribution in [1.29, 1.82) is 0 Å². The van der Waals surface area contributed by atoms with E-state index in [4.69, 9.17) is 6.42 Å². The third-order valence-corrected chi connectivity index (χ3v) is 1.80. The van der Waals surface area contributed by atoms with Crippen molar-refractivity contribution in [3.63, 3.8) is 0 Å². The van der Waals surface area contributed by atoms with Crippen LogP contribution in [0.5, 0.6) is 0 Å². The smallest absolute Gasteiger partial charge is 0.194 e. The zero-order valence-corrected chi connectivity index (χ0v) is 7.69. The Labute approximate surface area is 84.9 Å². The molecule has 0 atom stereocenters. The predicted molar refractivity (Wildman–Crippen MR) is 48.7 cm³/mol. The largest absolute Gasteiger partial charge is 0.294 e. The molecule has 0 aliphatic carbocycles. The Morgan fingerprint density at radius 1 is 1.27 bits per heavy atom. The number of halogens is 3. The third-order valence-electron chi connectivity index (χ3n) is 1.80. The van der Waals surface area contributed by atoms with Crippen molar-refractivity contribution in [2.45, 2.75) is 12.8 Å². The minimum atomic E-state index is -1.58. The van der Waals surface area contributed by atoms with Crippen LogP contribution in [0.15, 0.2) is 12.1 Å². The lowest BCUT2D eigenvalue weighted by molar-refractivity contribution is 0.0983. The maximum Gasteiger partial charge on any atom is 0.194 e. The number of hydrogen-bond acceptors (Lipinski definition) is 1. The number of Topliss-reactive ketones (excluding diaryl/α,β-unsaturated/α-hetero) is 1. The van der Waals surface area contributed by atoms with E-state index < -0.39 is 23.2 Å². The van der Waals surface area contributed by atoms with Crippen molar-refractivity contribution in [3.8, 4) is 12.3 Å². The molecule has 0 fully saturated rings. The summed E-state index contributed by atoms with van der Waals surface area (Å²) in [5.41, 5.74) is -0.207. The van der Waals surface area contributed by atoms with Crippen LogP contribution in [0.25, 0.3) is 0 Å². The van der Waals surface area contributed by atoms with Gasteiger partial charge in [0.15, 0.2) is 23.2 Å². The molecular formula is C11H7F3O. The van der Waals surface area contributed by atoms with Gasteiger partial charge in [0.25, 0.3) is 0 Å². The number of hydrogen-bond donors (Lipinski definition) is 0. The molecule has 4 heteroatoms. The summed E-state index contributed by atoms with van der Waals surface area (Å²) in [6.07, 6.45) is 5.10. The van der Waals surface area contributed by atoms with Gasteiger partial charge in [-0.3, -0.25) is 4.79 Å². The molecule has 0 bridgehead atoms. The summed E-state index contributed by atoms with van der Waals surface area (Å²) in [5.74, 6) is -2.61. The molecule has 1 nitrogen and oxygen atoms in total. The highest BCUT2D eigenvalue weighted by Gasteiger charge is 2.14. The van der Waals surface area contributed by atoms with Gasteiger partial charge in [-0.25, -0.2) is 13.2 Å². The van der Waals surface area contributed by atoms with Crippen LogP contribution in [0, 0.1) is 29.8 Å². The van der Waals surface area contributed by atoms with E-state index in [2.05, 4.69) is 5.92 Å². The summed E-state index contributed by atoms with van der Waals surface area (Å²) in [4.78, 5) is 11.3. The molecule has 1 aromatic carbocycles. The summed E-state index contributed by atoms with van der Waals surface area (Å²) in [6, 6.07) is 1.33. The molecule has 0 N–H and O–H groups in total. The van der Waals surface area contributed by atoms with Crippen LogP contribution < -0.4 is 0 Å². The molecule has 0 spiro atoms. The van der Waals surface area contributed by atoms with Crippen LogP contribution in [-0.2, 0) is 0 Å². The Morgan fingerprint density at radius 2 is 1.80 bits per heavy atom. The lowest BCUT2D eigenvalue weighted by atomic mass is 10.1. The summed E-state index contributed by atoms with van der Waals surface area (Å²) < 4.78 is 38.0. The number of carbonyl (C=O) groups is 1. The van der Waals surface area contributed by atoms with Gasteiger partial charge in [0, 0.05) is 18.4 Å². The molecule has 0 aromatic heterocycles. The third kappa shape index (κ3) is 2.59. The van der Waals surface area contributed by atoms with E-state index in [9.17, 15) is 18.0 Å². The quantitative estimate of drug-likeness (QED) is 0.427. The predicted octanol–water partition coefficient (Wildman–Crippen LogP) is 2.70. The van der Waals surface area contributed by atoms with Gasteiger partial charge < -0.3 is 0 Å². The van der Waals surface area contributed by atoms with Gasteiger partial charge in [-0.2, -0.15) is 0 Å². The van der Waals surface area contributed by atoms with Crippen molar-refractivity contribution < 1.29 is 18.0 Å². The van der Waals surface area contributed by atoms with Gasteiger partial charge >= 0.3 is 0 Å². The monoisotopic (exact) mass is 212 g/mol. The molecule has 0 aliphatic rings. The molecule has 0 saturated carbocycles. The molecule has 1 rings (SSSR count). The van der Waals surface area contributed by atoms with Crippen LogP contribution in [0.2, 0.25) is 0 Å². The van der Waals surface area contributed by atoms with Crippen molar-refractivity contribution in [2.24, 2.45) is 0 Å². The zero-order valence-electron chi connectivity index (χ0n) is 7.69. The van der Waals surface area contributed by atoms with Gasteiger partial charge in [-0.05, 0) is 12.1 Å². The standard InChI is InChI=1S/C11H7F3O/c1-2-3-4-10(15)7-5-8(12)11(14)9(13)6-7/h1,5-6H,3-4H2. The first-order chi connectivity index (χ1) is 7.06. The van der Waals surface area contributed by atoms with E-state index in [-0.39, 0.29) is 18.4 Å². The first-order valence-electron chi connectivity index (χ1n) is 4.17. The van der Waals surface area contributed by atoms with Gasteiger partial charge in [0.2, 0.25) is 0 Å². The van der Waals surface area contributed by atoms with Crippen molar-refractivity contribution >= 4 is 5.78 Å². The van der Waals surface area contributed by atoms with Crippen LogP contribution in [0.4, 0.5) is 13.2 Å². The Kier molecular flexibility index (Phi) is 3.51. The molecule has 0 amide bonds. The molecular weight excluding hydrogens is 205 g/mol. The average molecular weight is 212 g/mol. The second kappa shape index (κ2) is 4.65. The number of carbonyl (C=O) groups excluding carboxylic acids is 1. The van der Waals surface area contributed by atoms with Crippen LogP contribution in [0.3, 0.4) is 0 Å². The van der Waals surface area contributed by atoms with E-state index in [1.165, 1.54) is 0 Å². The first kappa shape index (κ1) is 11.3. The van der Waals surface area contributed by atoms with Gasteiger partial charge in [0.05, 0.1) is 0 Å². The summed E-state index contributed by atoms with van der Waals surface area (Å²) in [7, 11) is 0. The van der Waals surface area contributed by atoms with Crippen molar-refractivity contribution in [1.82, 2.24) is 0 Å². The van der Waals surface area contributed by atoms with E-state index >= 15 is 0 Å². The summed E-state index contributed by atoms with van der Waals surface area (Å²) in [5, 5.41) is 0. The number of ketones is 1. The fourth-order valence-corrected chi connectivity index (χ4v) is 1.05. The molecule has 78 valence electrons. The van der Waals surface area contributed by atoms with Crippen LogP contribution >= 0.6 is 0 Å². The lowest BCUT2D eigenvalue weighted by Crippen LogP contribution is -2.02. The van der Waals surface area contributed by atoms with Gasteiger partial charge in [-0.15, -0.1) is 12.3 Å². The first-order valence-corrected chi connectivity index (χ1v) is 4.17. The van der Waals surface area contributed by atoms with E-state index in [1.807, 2.05) is 0 Å². The normalized spacial score (nSPS) is 9.73. The fourth-order valence-electron chi connectivity index (χ4n) is 1.05. The van der Waals surface area contributed by atoms with Crippen molar-refractivity contribution in [3.05, 3.63) is 35.1 Å². The Bertz CT molecular complexity index is 409. The van der Waals surface area contributed by atoms with E-state index in [0.717, 1.165) is 0 Å². The van der Waals surface area contributed by atoms with Gasteiger partial charge in [0.1, 0.15) is 0 Å². The lowest BCUT2D eigenvalue weighted by Gasteiger charge is -2.01. The van der Waals surface area contributed by atoms with Crippen LogP contribution in [0.1, 0.15) is 23.2 Å². The second-order valence-corrected chi connectivity index (χ2v) is 2.88. The minimum Gasteiger partial charge on any atom is -0.294 e. The van der Waals surface area contributed by atoms with Gasteiger partial charge in [-0.1, -0.05) is 0 Å². The number of terminal acetylenes is 1. The average Bonchev–Trinajstić information content (AvgIpc) is 2.21. The Hall–Kier alpha value is -1.76. The Balaban J connectivity index is 2.97. The highest BCUT2D eigenvalue weighted by Crippen LogP contribution is 2.15. The highest BCUT2D eigenvalue weighted by atomic mass is 19.2.